The fourth-order valence-corrected chi connectivity index (χ4v) is 3.89. The van der Waals surface area contributed by atoms with Gasteiger partial charge in [0.15, 0.2) is 0 Å². The van der Waals surface area contributed by atoms with E-state index in [4.69, 9.17) is 9.84 Å². The summed E-state index contributed by atoms with van der Waals surface area (Å²) in [6, 6.07) is 0. The summed E-state index contributed by atoms with van der Waals surface area (Å²) in [5.41, 5.74) is 0. The minimum Gasteiger partial charge on any atom is -0.481 e. The van der Waals surface area contributed by atoms with Crippen molar-refractivity contribution in [2.75, 3.05) is 0 Å². The van der Waals surface area contributed by atoms with Crippen LogP contribution < -0.4 is 0 Å². The maximum atomic E-state index is 12.3. The Morgan fingerprint density at radius 3 is 1.47 bits per heavy atom. The Labute approximate surface area is 186 Å². The second kappa shape index (κ2) is 22.6. The number of carboxylic acids is 1. The number of unbranched alkanes of at least 4 members (excludes halogenated alkanes) is 14. The van der Waals surface area contributed by atoms with Gasteiger partial charge < -0.3 is 9.84 Å². The summed E-state index contributed by atoms with van der Waals surface area (Å²) < 4.78 is 5.83. The van der Waals surface area contributed by atoms with E-state index in [1.165, 1.54) is 64.2 Å². The van der Waals surface area contributed by atoms with Crippen molar-refractivity contribution < 1.29 is 19.4 Å². The zero-order valence-corrected chi connectivity index (χ0v) is 20.1. The van der Waals surface area contributed by atoms with E-state index in [-0.39, 0.29) is 18.5 Å². The molecule has 30 heavy (non-hydrogen) atoms. The van der Waals surface area contributed by atoms with Crippen molar-refractivity contribution in [2.45, 2.75) is 155 Å². The molecule has 1 unspecified atom stereocenters. The van der Waals surface area contributed by atoms with E-state index in [1.807, 2.05) is 0 Å². The van der Waals surface area contributed by atoms with Gasteiger partial charge in [-0.3, -0.25) is 9.59 Å². The first-order valence-corrected chi connectivity index (χ1v) is 13.0. The number of carbonyl (C=O) groups is 2. The summed E-state index contributed by atoms with van der Waals surface area (Å²) in [5.74, 6) is -0.736. The quantitative estimate of drug-likeness (QED) is 0.132. The van der Waals surface area contributed by atoms with E-state index < -0.39 is 5.97 Å². The third kappa shape index (κ3) is 21.6. The molecule has 0 aliphatic carbocycles. The van der Waals surface area contributed by atoms with E-state index >= 15 is 0 Å². The predicted molar refractivity (Wildman–Crippen MR) is 126 cm³/mol. The number of carboxylic acid groups (broad SMARTS) is 1. The average molecular weight is 427 g/mol. The smallest absolute Gasteiger partial charge is 0.306 e. The summed E-state index contributed by atoms with van der Waals surface area (Å²) in [7, 11) is 0. The number of ether oxygens (including phenoxy) is 1. The Kier molecular flexibility index (Phi) is 21.8. The van der Waals surface area contributed by atoms with E-state index in [1.54, 1.807) is 0 Å². The monoisotopic (exact) mass is 426 g/mol. The highest BCUT2D eigenvalue weighted by atomic mass is 16.5. The molecule has 0 spiro atoms. The lowest BCUT2D eigenvalue weighted by atomic mass is 10.0. The van der Waals surface area contributed by atoms with Gasteiger partial charge in [-0.15, -0.1) is 0 Å². The minimum absolute atomic E-state index is 0.0228. The highest BCUT2D eigenvalue weighted by Crippen LogP contribution is 2.18. The second-order valence-electron chi connectivity index (χ2n) is 8.89. The summed E-state index contributed by atoms with van der Waals surface area (Å²) in [6.07, 6.45) is 22.5. The fraction of sp³-hybridized carbons (Fsp3) is 0.923. The maximum Gasteiger partial charge on any atom is 0.306 e. The molecule has 0 fully saturated rings. The van der Waals surface area contributed by atoms with Crippen LogP contribution >= 0.6 is 0 Å². The molecule has 0 aliphatic rings. The van der Waals surface area contributed by atoms with Gasteiger partial charge in [-0.05, 0) is 38.5 Å². The lowest BCUT2D eigenvalue weighted by Gasteiger charge is -2.18. The van der Waals surface area contributed by atoms with Gasteiger partial charge in [-0.1, -0.05) is 97.3 Å². The number of carbonyl (C=O) groups excluding carboxylic acids is 1. The zero-order valence-electron chi connectivity index (χ0n) is 20.1. The van der Waals surface area contributed by atoms with Crippen LogP contribution in [0.4, 0.5) is 0 Å². The normalized spacial score (nSPS) is 12.1. The highest BCUT2D eigenvalue weighted by molar-refractivity contribution is 5.69. The molecule has 0 radical (unpaired) electrons. The highest BCUT2D eigenvalue weighted by Gasteiger charge is 2.14. The van der Waals surface area contributed by atoms with Crippen molar-refractivity contribution in [3.05, 3.63) is 0 Å². The number of hydrogen-bond acceptors (Lipinski definition) is 3. The summed E-state index contributed by atoms with van der Waals surface area (Å²) in [4.78, 5) is 22.9. The van der Waals surface area contributed by atoms with E-state index in [2.05, 4.69) is 13.8 Å². The molecule has 0 aromatic heterocycles. The van der Waals surface area contributed by atoms with Crippen LogP contribution in [-0.4, -0.2) is 23.1 Å². The van der Waals surface area contributed by atoms with Gasteiger partial charge in [-0.25, -0.2) is 0 Å². The molecule has 0 amide bonds. The number of aliphatic carboxylic acids is 1. The molecule has 0 aliphatic heterocycles. The van der Waals surface area contributed by atoms with Gasteiger partial charge in [0.05, 0.1) is 0 Å². The topological polar surface area (TPSA) is 63.6 Å². The van der Waals surface area contributed by atoms with Crippen LogP contribution in [0.1, 0.15) is 149 Å². The second-order valence-corrected chi connectivity index (χ2v) is 8.89. The molecule has 0 saturated carbocycles. The van der Waals surface area contributed by atoms with Gasteiger partial charge in [-0.2, -0.15) is 0 Å². The van der Waals surface area contributed by atoms with Crippen LogP contribution in [0.15, 0.2) is 0 Å². The third-order valence-corrected chi connectivity index (χ3v) is 5.83. The van der Waals surface area contributed by atoms with Gasteiger partial charge in [0.25, 0.3) is 0 Å². The number of rotatable bonds is 23. The van der Waals surface area contributed by atoms with E-state index in [0.717, 1.165) is 57.8 Å². The van der Waals surface area contributed by atoms with Crippen molar-refractivity contribution in [1.82, 2.24) is 0 Å². The largest absolute Gasteiger partial charge is 0.481 e. The van der Waals surface area contributed by atoms with Crippen LogP contribution in [0.25, 0.3) is 0 Å². The molecular formula is C26H50O4. The molecule has 0 saturated heterocycles. The number of hydrogen-bond donors (Lipinski definition) is 1. The van der Waals surface area contributed by atoms with Crippen LogP contribution in [0.3, 0.4) is 0 Å². The molecule has 0 aromatic rings. The molecule has 0 bridgehead atoms. The Balaban J connectivity index is 3.98. The molecule has 178 valence electrons. The Hall–Kier alpha value is -1.06. The van der Waals surface area contributed by atoms with Crippen LogP contribution in [0.5, 0.6) is 0 Å². The fourth-order valence-electron chi connectivity index (χ4n) is 3.89. The molecule has 1 atom stereocenters. The standard InChI is InChI=1S/C26H50O4/c1-3-5-7-9-10-11-13-19-23-26(29)30-24(20-16-12-8-6-4-2)21-17-14-15-18-22-25(27)28/h24H,3-23H2,1-2H3,(H,27,28). The summed E-state index contributed by atoms with van der Waals surface area (Å²) >= 11 is 0. The lowest BCUT2D eigenvalue weighted by Crippen LogP contribution is -2.18. The molecule has 4 nitrogen and oxygen atoms in total. The van der Waals surface area contributed by atoms with Crippen molar-refractivity contribution in [3.8, 4) is 0 Å². The maximum absolute atomic E-state index is 12.3. The molecule has 0 heterocycles. The van der Waals surface area contributed by atoms with Crippen molar-refractivity contribution in [1.29, 1.82) is 0 Å². The third-order valence-electron chi connectivity index (χ3n) is 5.83. The Morgan fingerprint density at radius 1 is 0.600 bits per heavy atom. The SMILES string of the molecule is CCCCCCCCCCC(=O)OC(CCCCCCC)CCCCCCC(=O)O. The Bertz CT molecular complexity index is 394. The van der Waals surface area contributed by atoms with Gasteiger partial charge in [0, 0.05) is 12.8 Å². The van der Waals surface area contributed by atoms with Gasteiger partial charge in [0.2, 0.25) is 0 Å². The van der Waals surface area contributed by atoms with Crippen molar-refractivity contribution in [3.63, 3.8) is 0 Å². The molecule has 0 rings (SSSR count). The van der Waals surface area contributed by atoms with Crippen molar-refractivity contribution >= 4 is 11.9 Å². The molecule has 4 heteroatoms. The summed E-state index contributed by atoms with van der Waals surface area (Å²) in [5, 5.41) is 8.71. The predicted octanol–water partition coefficient (Wildman–Crippen LogP) is 8.21. The van der Waals surface area contributed by atoms with Crippen LogP contribution in [0.2, 0.25) is 0 Å². The summed E-state index contributed by atoms with van der Waals surface area (Å²) in [6.45, 7) is 4.46. The Morgan fingerprint density at radius 2 is 1.00 bits per heavy atom. The first kappa shape index (κ1) is 28.9. The first-order chi connectivity index (χ1) is 14.6. The van der Waals surface area contributed by atoms with Crippen LogP contribution in [0, 0.1) is 0 Å². The van der Waals surface area contributed by atoms with Crippen molar-refractivity contribution in [2.24, 2.45) is 0 Å². The first-order valence-electron chi connectivity index (χ1n) is 13.0. The number of esters is 1. The minimum atomic E-state index is -0.713. The van der Waals surface area contributed by atoms with Gasteiger partial charge >= 0.3 is 11.9 Å². The van der Waals surface area contributed by atoms with Gasteiger partial charge in [0.1, 0.15) is 6.10 Å². The van der Waals surface area contributed by atoms with Crippen LogP contribution in [-0.2, 0) is 14.3 Å². The zero-order chi connectivity index (χ0) is 22.3. The average Bonchev–Trinajstić information content (AvgIpc) is 2.71. The lowest BCUT2D eigenvalue weighted by molar-refractivity contribution is -0.150. The molecule has 0 aromatic carbocycles. The molecular weight excluding hydrogens is 376 g/mol. The van der Waals surface area contributed by atoms with E-state index in [9.17, 15) is 9.59 Å². The molecule has 1 N–H and O–H groups in total. The van der Waals surface area contributed by atoms with E-state index in [0.29, 0.717) is 6.42 Å².